The van der Waals surface area contributed by atoms with Crippen molar-refractivity contribution < 1.29 is 26.8 Å². The first kappa shape index (κ1) is 15.0. The van der Waals surface area contributed by atoms with Gasteiger partial charge >= 0.3 is 0 Å². The number of nitrogens with one attached hydrogen (secondary N) is 1. The molecule has 0 aliphatic rings. The van der Waals surface area contributed by atoms with Crippen molar-refractivity contribution in [1.82, 2.24) is 10.1 Å². The maximum absolute atomic E-state index is 13.9. The fourth-order valence-corrected chi connectivity index (χ4v) is 2.57. The van der Waals surface area contributed by atoms with Crippen LogP contribution in [0.25, 0.3) is 0 Å². The predicted molar refractivity (Wildman–Crippen MR) is 69.3 cm³/mol. The summed E-state index contributed by atoms with van der Waals surface area (Å²) in [5.41, 5.74) is 0. The van der Waals surface area contributed by atoms with E-state index < -0.39 is 20.7 Å². The molecule has 0 bridgehead atoms. The molecule has 114 valence electrons. The molecule has 0 fully saturated rings. The monoisotopic (exact) mass is 317 g/mol. The van der Waals surface area contributed by atoms with E-state index >= 15 is 0 Å². The first-order valence-corrected chi connectivity index (χ1v) is 7.10. The predicted octanol–water partition coefficient (Wildman–Crippen LogP) is 1.34. The van der Waals surface area contributed by atoms with Crippen LogP contribution in [0.1, 0.15) is 5.89 Å². The Morgan fingerprint density at radius 3 is 2.38 bits per heavy atom. The van der Waals surface area contributed by atoms with Crippen LogP contribution in [-0.2, 0) is 10.0 Å². The molecule has 1 N–H and O–H groups in total. The molecule has 0 radical (unpaired) electrons. The third-order valence-electron chi connectivity index (χ3n) is 2.48. The molecule has 0 atom stereocenters. The lowest BCUT2D eigenvalue weighted by Crippen LogP contribution is -2.16. The number of aryl methyl sites for hydroxylation is 1. The largest absolute Gasteiger partial charge is 0.493 e. The van der Waals surface area contributed by atoms with Gasteiger partial charge in [0.15, 0.2) is 11.5 Å². The first-order chi connectivity index (χ1) is 9.87. The van der Waals surface area contributed by atoms with Crippen molar-refractivity contribution in [3.63, 3.8) is 0 Å². The number of sulfonamides is 1. The lowest BCUT2D eigenvalue weighted by molar-refractivity contribution is 0.350. The lowest BCUT2D eigenvalue weighted by Gasteiger charge is -2.11. The minimum Gasteiger partial charge on any atom is -0.493 e. The van der Waals surface area contributed by atoms with Gasteiger partial charge in [-0.1, -0.05) is 0 Å². The van der Waals surface area contributed by atoms with E-state index in [9.17, 15) is 12.8 Å². The molecule has 0 unspecified atom stereocenters. The highest BCUT2D eigenvalue weighted by atomic mass is 32.2. The number of methoxy groups -OCH3 is 2. The summed E-state index contributed by atoms with van der Waals surface area (Å²) in [4.78, 5) is 3.06. The SMILES string of the molecule is COc1cc(F)c(S(=O)(=O)Nc2noc(C)n2)cc1OC. The van der Waals surface area contributed by atoms with E-state index in [2.05, 4.69) is 14.7 Å². The molecule has 1 aromatic heterocycles. The number of nitrogens with zero attached hydrogens (tertiary/aromatic N) is 2. The third-order valence-corrected chi connectivity index (χ3v) is 3.82. The zero-order chi connectivity index (χ0) is 15.6. The summed E-state index contributed by atoms with van der Waals surface area (Å²) in [5, 5.41) is 3.38. The standard InChI is InChI=1S/C11H12FN3O5S/c1-6-13-11(14-20-6)15-21(16,17)10-5-9(19-3)8(18-2)4-7(10)12/h4-5H,1-3H3,(H,14,15). The Balaban J connectivity index is 2.44. The van der Waals surface area contributed by atoms with Gasteiger partial charge in [-0.25, -0.2) is 17.5 Å². The number of halogens is 1. The molecule has 2 rings (SSSR count). The van der Waals surface area contributed by atoms with E-state index in [-0.39, 0.29) is 23.3 Å². The second-order valence-corrected chi connectivity index (χ2v) is 5.53. The van der Waals surface area contributed by atoms with E-state index in [4.69, 9.17) is 9.47 Å². The van der Waals surface area contributed by atoms with Gasteiger partial charge in [0, 0.05) is 19.1 Å². The van der Waals surface area contributed by atoms with Gasteiger partial charge in [0.2, 0.25) is 5.89 Å². The molecule has 0 saturated heterocycles. The topological polar surface area (TPSA) is 104 Å². The van der Waals surface area contributed by atoms with Crippen LogP contribution in [0.2, 0.25) is 0 Å². The van der Waals surface area contributed by atoms with E-state index in [0.717, 1.165) is 12.1 Å². The van der Waals surface area contributed by atoms with Gasteiger partial charge in [-0.3, -0.25) is 0 Å². The molecule has 0 spiro atoms. The van der Waals surface area contributed by atoms with Crippen LogP contribution >= 0.6 is 0 Å². The molecule has 1 aromatic carbocycles. The van der Waals surface area contributed by atoms with Crippen LogP contribution < -0.4 is 14.2 Å². The van der Waals surface area contributed by atoms with Crippen molar-refractivity contribution in [1.29, 1.82) is 0 Å². The number of rotatable bonds is 5. The molecule has 0 aliphatic heterocycles. The highest BCUT2D eigenvalue weighted by molar-refractivity contribution is 7.92. The van der Waals surface area contributed by atoms with Crippen LogP contribution in [0.4, 0.5) is 10.3 Å². The summed E-state index contributed by atoms with van der Waals surface area (Å²) >= 11 is 0. The Kier molecular flexibility index (Phi) is 3.98. The van der Waals surface area contributed by atoms with E-state index in [1.54, 1.807) is 0 Å². The van der Waals surface area contributed by atoms with Gasteiger partial charge in [-0.05, 0) is 5.16 Å². The van der Waals surface area contributed by atoms with Gasteiger partial charge in [0.1, 0.15) is 10.7 Å². The Morgan fingerprint density at radius 2 is 1.86 bits per heavy atom. The zero-order valence-electron chi connectivity index (χ0n) is 11.4. The average Bonchev–Trinajstić information content (AvgIpc) is 2.82. The summed E-state index contributed by atoms with van der Waals surface area (Å²) in [6.07, 6.45) is 0. The molecular weight excluding hydrogens is 305 g/mol. The van der Waals surface area contributed by atoms with Gasteiger partial charge in [-0.2, -0.15) is 4.98 Å². The molecule has 21 heavy (non-hydrogen) atoms. The second-order valence-electron chi connectivity index (χ2n) is 3.88. The van der Waals surface area contributed by atoms with Crippen molar-refractivity contribution >= 4 is 16.0 Å². The number of anilines is 1. The maximum atomic E-state index is 13.9. The highest BCUT2D eigenvalue weighted by Crippen LogP contribution is 2.32. The summed E-state index contributed by atoms with van der Waals surface area (Å²) < 4.78 is 54.7. The summed E-state index contributed by atoms with van der Waals surface area (Å²) in [7, 11) is -1.61. The molecule has 8 nitrogen and oxygen atoms in total. The van der Waals surface area contributed by atoms with Crippen molar-refractivity contribution in [2.75, 3.05) is 18.9 Å². The molecule has 2 aromatic rings. The zero-order valence-corrected chi connectivity index (χ0v) is 12.2. The Morgan fingerprint density at radius 1 is 1.24 bits per heavy atom. The van der Waals surface area contributed by atoms with Crippen molar-refractivity contribution in [3.05, 3.63) is 23.8 Å². The van der Waals surface area contributed by atoms with Crippen molar-refractivity contribution in [2.24, 2.45) is 0 Å². The molecule has 0 saturated carbocycles. The van der Waals surface area contributed by atoms with Gasteiger partial charge in [0.25, 0.3) is 16.0 Å². The smallest absolute Gasteiger partial charge is 0.277 e. The van der Waals surface area contributed by atoms with Crippen LogP contribution in [0, 0.1) is 12.7 Å². The second kappa shape index (κ2) is 5.56. The molecule has 0 amide bonds. The Hall–Kier alpha value is -2.36. The fraction of sp³-hybridized carbons (Fsp3) is 0.273. The van der Waals surface area contributed by atoms with E-state index in [1.165, 1.54) is 21.1 Å². The molecule has 1 heterocycles. The summed E-state index contributed by atoms with van der Waals surface area (Å²) in [6.45, 7) is 1.49. The Bertz CT molecular complexity index is 759. The van der Waals surface area contributed by atoms with Gasteiger partial charge in [0.05, 0.1) is 14.2 Å². The molecular formula is C11H12FN3O5S. The molecule has 0 aliphatic carbocycles. The number of hydrogen-bond donors (Lipinski definition) is 1. The average molecular weight is 317 g/mol. The van der Waals surface area contributed by atoms with Crippen LogP contribution in [0.3, 0.4) is 0 Å². The van der Waals surface area contributed by atoms with Crippen LogP contribution in [0.15, 0.2) is 21.6 Å². The summed E-state index contributed by atoms with van der Waals surface area (Å²) in [5.74, 6) is -0.976. The number of benzene rings is 1. The minimum atomic E-state index is -4.23. The van der Waals surface area contributed by atoms with Crippen molar-refractivity contribution in [3.8, 4) is 11.5 Å². The highest BCUT2D eigenvalue weighted by Gasteiger charge is 2.24. The van der Waals surface area contributed by atoms with Crippen LogP contribution in [0.5, 0.6) is 11.5 Å². The van der Waals surface area contributed by atoms with E-state index in [0.29, 0.717) is 0 Å². The van der Waals surface area contributed by atoms with Crippen molar-refractivity contribution in [2.45, 2.75) is 11.8 Å². The number of aromatic nitrogens is 2. The normalized spacial score (nSPS) is 11.2. The van der Waals surface area contributed by atoms with E-state index in [1.807, 2.05) is 4.72 Å². The molecule has 10 heteroatoms. The summed E-state index contributed by atoms with van der Waals surface area (Å²) in [6, 6.07) is 1.91. The Labute approximate surface area is 119 Å². The number of ether oxygens (including phenoxy) is 2. The fourth-order valence-electron chi connectivity index (χ4n) is 1.56. The third kappa shape index (κ3) is 3.05. The van der Waals surface area contributed by atoms with Gasteiger partial charge < -0.3 is 14.0 Å². The number of hydrogen-bond acceptors (Lipinski definition) is 7. The van der Waals surface area contributed by atoms with Gasteiger partial charge in [-0.15, -0.1) is 0 Å². The minimum absolute atomic E-state index is 0.0727. The maximum Gasteiger partial charge on any atom is 0.277 e. The first-order valence-electron chi connectivity index (χ1n) is 5.62. The van der Waals surface area contributed by atoms with Crippen LogP contribution in [-0.4, -0.2) is 32.8 Å². The quantitative estimate of drug-likeness (QED) is 0.887. The lowest BCUT2D eigenvalue weighted by atomic mass is 10.3.